The first-order chi connectivity index (χ1) is 13.6. The molecule has 2 heterocycles. The quantitative estimate of drug-likeness (QED) is 0.430. The summed E-state index contributed by atoms with van der Waals surface area (Å²) in [6, 6.07) is 19.2. The van der Waals surface area contributed by atoms with Crippen molar-refractivity contribution in [3.8, 4) is 11.3 Å². The summed E-state index contributed by atoms with van der Waals surface area (Å²) in [5, 5.41) is 4.96. The van der Waals surface area contributed by atoms with Gasteiger partial charge in [-0.15, -0.1) is 0 Å². The predicted octanol–water partition coefficient (Wildman–Crippen LogP) is 5.96. The maximum absolute atomic E-state index is 13.9. The summed E-state index contributed by atoms with van der Waals surface area (Å²) >= 11 is 0. The van der Waals surface area contributed by atoms with E-state index in [9.17, 15) is 8.78 Å². The molecule has 0 spiro atoms. The van der Waals surface area contributed by atoms with E-state index in [0.717, 1.165) is 17.5 Å². The number of rotatable bonds is 5. The molecule has 2 aromatic heterocycles. The van der Waals surface area contributed by atoms with E-state index in [4.69, 9.17) is 4.98 Å². The van der Waals surface area contributed by atoms with Crippen LogP contribution >= 0.6 is 0 Å². The van der Waals surface area contributed by atoms with Gasteiger partial charge in [0.1, 0.15) is 0 Å². The monoisotopic (exact) mass is 377 g/mol. The van der Waals surface area contributed by atoms with Gasteiger partial charge in [0.05, 0.1) is 23.3 Å². The van der Waals surface area contributed by atoms with E-state index in [1.54, 1.807) is 11.6 Å². The molecule has 142 valence electrons. The Balaban J connectivity index is 1.88. The Kier molecular flexibility index (Phi) is 4.90. The normalized spacial score (nSPS) is 11.5. The van der Waals surface area contributed by atoms with Gasteiger partial charge in [0.2, 0.25) is 0 Å². The van der Waals surface area contributed by atoms with Crippen LogP contribution in [0.5, 0.6) is 0 Å². The lowest BCUT2D eigenvalue weighted by Gasteiger charge is -2.09. The average Bonchev–Trinajstić information content (AvgIpc) is 3.03. The number of alkyl halides is 2. The van der Waals surface area contributed by atoms with Gasteiger partial charge >= 0.3 is 0 Å². The molecule has 5 heteroatoms. The van der Waals surface area contributed by atoms with Crippen LogP contribution in [-0.2, 0) is 13.0 Å². The molecule has 0 atom stereocenters. The summed E-state index contributed by atoms with van der Waals surface area (Å²) < 4.78 is 29.4. The zero-order valence-electron chi connectivity index (χ0n) is 15.9. The molecule has 0 fully saturated rings. The maximum Gasteiger partial charge on any atom is 0.264 e. The van der Waals surface area contributed by atoms with Gasteiger partial charge in [0, 0.05) is 11.1 Å². The van der Waals surface area contributed by atoms with E-state index in [1.165, 1.54) is 11.6 Å². The van der Waals surface area contributed by atoms with E-state index in [2.05, 4.69) is 12.0 Å². The van der Waals surface area contributed by atoms with Crippen LogP contribution in [0.3, 0.4) is 0 Å². The molecule has 0 aliphatic carbocycles. The number of halogens is 2. The van der Waals surface area contributed by atoms with Crippen molar-refractivity contribution in [2.24, 2.45) is 0 Å². The van der Waals surface area contributed by atoms with Crippen LogP contribution in [0.25, 0.3) is 22.3 Å². The molecular formula is C23H21F2N3. The summed E-state index contributed by atoms with van der Waals surface area (Å²) in [5.74, 6) is 0. The molecule has 0 unspecified atom stereocenters. The zero-order chi connectivity index (χ0) is 19.7. The van der Waals surface area contributed by atoms with Gasteiger partial charge < -0.3 is 0 Å². The molecule has 4 rings (SSSR count). The van der Waals surface area contributed by atoms with Crippen molar-refractivity contribution < 1.29 is 8.78 Å². The summed E-state index contributed by atoms with van der Waals surface area (Å²) in [4.78, 5) is 4.73. The van der Waals surface area contributed by atoms with Gasteiger partial charge in [-0.1, -0.05) is 61.5 Å². The minimum atomic E-state index is -2.59. The number of aryl methyl sites for hydroxylation is 2. The van der Waals surface area contributed by atoms with E-state index in [1.807, 2.05) is 54.6 Å². The van der Waals surface area contributed by atoms with Crippen molar-refractivity contribution in [1.29, 1.82) is 0 Å². The molecule has 0 amide bonds. The van der Waals surface area contributed by atoms with Gasteiger partial charge in [-0.25, -0.2) is 18.4 Å². The molecular weight excluding hydrogens is 356 g/mol. The van der Waals surface area contributed by atoms with Crippen LogP contribution in [0.2, 0.25) is 0 Å². The largest absolute Gasteiger partial charge is 0.264 e. The van der Waals surface area contributed by atoms with Gasteiger partial charge in [-0.05, 0) is 30.5 Å². The smallest absolute Gasteiger partial charge is 0.243 e. The minimum absolute atomic E-state index is 0.0172. The zero-order valence-corrected chi connectivity index (χ0v) is 15.9. The summed E-state index contributed by atoms with van der Waals surface area (Å²) in [7, 11) is 0. The minimum Gasteiger partial charge on any atom is -0.243 e. The highest BCUT2D eigenvalue weighted by Crippen LogP contribution is 2.33. The molecule has 28 heavy (non-hydrogen) atoms. The summed E-state index contributed by atoms with van der Waals surface area (Å²) in [6.07, 6.45) is -1.66. The predicted molar refractivity (Wildman–Crippen MR) is 108 cm³/mol. The van der Waals surface area contributed by atoms with Crippen molar-refractivity contribution in [2.45, 2.75) is 33.2 Å². The molecule has 4 aromatic rings. The fraction of sp³-hybridized carbons (Fsp3) is 0.217. The maximum atomic E-state index is 13.9. The molecule has 0 saturated carbocycles. The highest BCUT2D eigenvalue weighted by atomic mass is 19.3. The van der Waals surface area contributed by atoms with Gasteiger partial charge in [-0.2, -0.15) is 5.10 Å². The lowest BCUT2D eigenvalue weighted by atomic mass is 10.0. The van der Waals surface area contributed by atoms with Gasteiger partial charge in [0.15, 0.2) is 5.65 Å². The SMILES string of the molecule is CCc1ccc(-c2cc(C(F)F)c3c(C)nn(Cc4ccccc4)c3n2)cc1. The summed E-state index contributed by atoms with van der Waals surface area (Å²) in [6.45, 7) is 4.32. The van der Waals surface area contributed by atoms with Crippen molar-refractivity contribution in [2.75, 3.05) is 0 Å². The third-order valence-electron chi connectivity index (χ3n) is 4.98. The Bertz CT molecular complexity index is 1100. The Labute approximate surface area is 162 Å². The topological polar surface area (TPSA) is 30.7 Å². The van der Waals surface area contributed by atoms with Crippen LogP contribution in [-0.4, -0.2) is 14.8 Å². The first-order valence-corrected chi connectivity index (χ1v) is 9.36. The standard InChI is InChI=1S/C23H21F2N3/c1-3-16-9-11-18(12-10-16)20-13-19(22(24)25)21-15(2)27-28(23(21)26-20)14-17-7-5-4-6-8-17/h4-13,22H,3,14H2,1-2H3. The number of pyridine rings is 1. The Morgan fingerprint density at radius 1 is 0.964 bits per heavy atom. The third-order valence-corrected chi connectivity index (χ3v) is 4.98. The first-order valence-electron chi connectivity index (χ1n) is 9.36. The highest BCUT2D eigenvalue weighted by Gasteiger charge is 2.21. The number of aromatic nitrogens is 3. The Morgan fingerprint density at radius 2 is 1.68 bits per heavy atom. The van der Waals surface area contributed by atoms with Crippen molar-refractivity contribution in [3.05, 3.63) is 83.0 Å². The van der Waals surface area contributed by atoms with Crippen LogP contribution in [0.4, 0.5) is 8.78 Å². The number of hydrogen-bond donors (Lipinski definition) is 0. The fourth-order valence-corrected chi connectivity index (χ4v) is 3.48. The number of hydrogen-bond acceptors (Lipinski definition) is 2. The van der Waals surface area contributed by atoms with Crippen molar-refractivity contribution in [1.82, 2.24) is 14.8 Å². The Hall–Kier alpha value is -3.08. The highest BCUT2D eigenvalue weighted by molar-refractivity contribution is 5.85. The lowest BCUT2D eigenvalue weighted by Crippen LogP contribution is -2.03. The van der Waals surface area contributed by atoms with Crippen LogP contribution in [0.1, 0.15) is 35.7 Å². The van der Waals surface area contributed by atoms with Crippen LogP contribution in [0, 0.1) is 6.92 Å². The second-order valence-corrected chi connectivity index (χ2v) is 6.88. The molecule has 0 N–H and O–H groups in total. The Morgan fingerprint density at radius 3 is 2.32 bits per heavy atom. The molecule has 3 nitrogen and oxygen atoms in total. The lowest BCUT2D eigenvalue weighted by molar-refractivity contribution is 0.153. The van der Waals surface area contributed by atoms with Crippen LogP contribution < -0.4 is 0 Å². The van der Waals surface area contributed by atoms with Gasteiger partial charge in [-0.3, -0.25) is 0 Å². The van der Waals surface area contributed by atoms with E-state index < -0.39 is 6.43 Å². The van der Waals surface area contributed by atoms with Gasteiger partial charge in [0.25, 0.3) is 6.43 Å². The third kappa shape index (κ3) is 3.40. The van der Waals surface area contributed by atoms with Crippen molar-refractivity contribution in [3.63, 3.8) is 0 Å². The molecule has 2 aromatic carbocycles. The van der Waals surface area contributed by atoms with E-state index in [0.29, 0.717) is 29.0 Å². The van der Waals surface area contributed by atoms with Crippen molar-refractivity contribution >= 4 is 11.0 Å². The molecule has 0 saturated heterocycles. The summed E-state index contributed by atoms with van der Waals surface area (Å²) in [5.41, 5.74) is 4.66. The molecule has 0 bridgehead atoms. The molecule has 0 aliphatic rings. The number of nitrogens with zero attached hydrogens (tertiary/aromatic N) is 3. The number of benzene rings is 2. The average molecular weight is 377 g/mol. The van der Waals surface area contributed by atoms with E-state index >= 15 is 0 Å². The van der Waals surface area contributed by atoms with Crippen LogP contribution in [0.15, 0.2) is 60.7 Å². The van der Waals surface area contributed by atoms with E-state index in [-0.39, 0.29) is 5.56 Å². The molecule has 0 radical (unpaired) electrons. The fourth-order valence-electron chi connectivity index (χ4n) is 3.48. The number of fused-ring (bicyclic) bond motifs is 1. The second-order valence-electron chi connectivity index (χ2n) is 6.88. The molecule has 0 aliphatic heterocycles. The second kappa shape index (κ2) is 7.50. The first kappa shape index (κ1) is 18.3.